The molecule has 1 N–H and O–H groups in total. The van der Waals surface area contributed by atoms with Crippen LogP contribution in [0.15, 0.2) is 48.8 Å². The van der Waals surface area contributed by atoms with Gasteiger partial charge in [-0.25, -0.2) is 8.78 Å². The molecule has 1 aromatic carbocycles. The maximum atomic E-state index is 13.6. The molecule has 2 aromatic heterocycles. The van der Waals surface area contributed by atoms with Gasteiger partial charge in [0, 0.05) is 29.3 Å². The van der Waals surface area contributed by atoms with E-state index in [0.717, 1.165) is 28.1 Å². The second-order valence-corrected chi connectivity index (χ2v) is 6.17. The average molecular weight is 344 g/mol. The molecule has 0 atom stereocenters. The van der Waals surface area contributed by atoms with Crippen molar-refractivity contribution in [1.29, 1.82) is 0 Å². The van der Waals surface area contributed by atoms with Crippen LogP contribution in [0.25, 0.3) is 21.6 Å². The van der Waals surface area contributed by atoms with Gasteiger partial charge < -0.3 is 5.32 Å². The Labute approximate surface area is 142 Å². The number of benzene rings is 1. The molecule has 122 valence electrons. The monoisotopic (exact) mass is 344 g/mol. The SMILES string of the molecule is CCC(=O)Nc1cc(-c2ccc(F)c(F)c2)c(-c2ccncc2)s1. The number of nitrogens with one attached hydrogen (secondary N) is 1. The van der Waals surface area contributed by atoms with Crippen molar-refractivity contribution >= 4 is 22.2 Å². The molecule has 0 radical (unpaired) electrons. The summed E-state index contributed by atoms with van der Waals surface area (Å²) in [6, 6.07) is 9.23. The summed E-state index contributed by atoms with van der Waals surface area (Å²) in [7, 11) is 0. The standard InChI is InChI=1S/C18H14F2N2OS/c1-2-16(23)22-17-10-13(12-3-4-14(19)15(20)9-12)18(24-17)11-5-7-21-8-6-11/h3-10H,2H2,1H3,(H,22,23). The highest BCUT2D eigenvalue weighted by Gasteiger charge is 2.15. The second-order valence-electron chi connectivity index (χ2n) is 5.12. The zero-order valence-corrected chi connectivity index (χ0v) is 13.7. The van der Waals surface area contributed by atoms with E-state index in [0.29, 0.717) is 17.0 Å². The van der Waals surface area contributed by atoms with Crippen LogP contribution in [0.1, 0.15) is 13.3 Å². The molecule has 0 fully saturated rings. The first-order valence-corrected chi connectivity index (χ1v) is 8.19. The van der Waals surface area contributed by atoms with Crippen LogP contribution in [-0.4, -0.2) is 10.9 Å². The van der Waals surface area contributed by atoms with E-state index in [4.69, 9.17) is 0 Å². The Kier molecular flexibility index (Phi) is 4.66. The van der Waals surface area contributed by atoms with Crippen molar-refractivity contribution in [2.24, 2.45) is 0 Å². The Bertz CT molecular complexity index is 878. The van der Waals surface area contributed by atoms with Gasteiger partial charge in [0.2, 0.25) is 5.91 Å². The van der Waals surface area contributed by atoms with Gasteiger partial charge in [-0.15, -0.1) is 11.3 Å². The molecule has 24 heavy (non-hydrogen) atoms. The summed E-state index contributed by atoms with van der Waals surface area (Å²) in [5.74, 6) is -1.90. The van der Waals surface area contributed by atoms with Crippen molar-refractivity contribution in [3.05, 3.63) is 60.4 Å². The Hall–Kier alpha value is -2.60. The van der Waals surface area contributed by atoms with E-state index in [-0.39, 0.29) is 5.91 Å². The summed E-state index contributed by atoms with van der Waals surface area (Å²) in [4.78, 5) is 16.5. The minimum absolute atomic E-state index is 0.102. The number of carbonyl (C=O) groups is 1. The van der Waals surface area contributed by atoms with Crippen LogP contribution < -0.4 is 5.32 Å². The molecule has 0 spiro atoms. The smallest absolute Gasteiger partial charge is 0.224 e. The Morgan fingerprint density at radius 1 is 1.08 bits per heavy atom. The number of thiophene rings is 1. The van der Waals surface area contributed by atoms with E-state index in [1.807, 2.05) is 12.1 Å². The number of carbonyl (C=O) groups excluding carboxylic acids is 1. The highest BCUT2D eigenvalue weighted by atomic mass is 32.1. The lowest BCUT2D eigenvalue weighted by Crippen LogP contribution is -2.07. The van der Waals surface area contributed by atoms with Gasteiger partial charge in [-0.05, 0) is 41.5 Å². The van der Waals surface area contributed by atoms with Crippen LogP contribution in [0.4, 0.5) is 13.8 Å². The number of halogens is 2. The quantitative estimate of drug-likeness (QED) is 0.715. The Morgan fingerprint density at radius 2 is 1.83 bits per heavy atom. The Balaban J connectivity index is 2.11. The molecule has 0 saturated heterocycles. The molecule has 3 nitrogen and oxygen atoms in total. The third-order valence-corrected chi connectivity index (χ3v) is 4.59. The normalized spacial score (nSPS) is 10.6. The fourth-order valence-electron chi connectivity index (χ4n) is 2.27. The van der Waals surface area contributed by atoms with Crippen LogP contribution >= 0.6 is 11.3 Å². The summed E-state index contributed by atoms with van der Waals surface area (Å²) < 4.78 is 26.8. The van der Waals surface area contributed by atoms with Crippen LogP contribution in [-0.2, 0) is 4.79 Å². The lowest BCUT2D eigenvalue weighted by atomic mass is 10.0. The summed E-state index contributed by atoms with van der Waals surface area (Å²) in [5, 5.41) is 3.47. The highest BCUT2D eigenvalue weighted by molar-refractivity contribution is 7.20. The van der Waals surface area contributed by atoms with E-state index in [9.17, 15) is 13.6 Å². The summed E-state index contributed by atoms with van der Waals surface area (Å²) in [5.41, 5.74) is 2.18. The molecule has 0 unspecified atom stereocenters. The summed E-state index contributed by atoms with van der Waals surface area (Å²) in [6.07, 6.45) is 3.69. The molecular formula is C18H14F2N2OS. The molecule has 0 aliphatic rings. The van der Waals surface area contributed by atoms with E-state index < -0.39 is 11.6 Å². The molecule has 3 aromatic rings. The largest absolute Gasteiger partial charge is 0.318 e. The van der Waals surface area contributed by atoms with Crippen molar-refractivity contribution in [1.82, 2.24) is 4.98 Å². The molecule has 0 bridgehead atoms. The maximum Gasteiger partial charge on any atom is 0.224 e. The number of pyridine rings is 1. The van der Waals surface area contributed by atoms with E-state index in [2.05, 4.69) is 10.3 Å². The van der Waals surface area contributed by atoms with Crippen LogP contribution in [0.3, 0.4) is 0 Å². The maximum absolute atomic E-state index is 13.6. The fraction of sp³-hybridized carbons (Fsp3) is 0.111. The minimum Gasteiger partial charge on any atom is -0.318 e. The third-order valence-electron chi connectivity index (χ3n) is 3.49. The first-order chi connectivity index (χ1) is 11.6. The molecule has 2 heterocycles. The highest BCUT2D eigenvalue weighted by Crippen LogP contribution is 2.42. The van der Waals surface area contributed by atoms with Crippen molar-refractivity contribution in [3.8, 4) is 21.6 Å². The van der Waals surface area contributed by atoms with E-state index in [1.165, 1.54) is 17.4 Å². The molecule has 0 saturated carbocycles. The summed E-state index contributed by atoms with van der Waals surface area (Å²) in [6.45, 7) is 1.77. The zero-order valence-electron chi connectivity index (χ0n) is 12.8. The van der Waals surface area contributed by atoms with Gasteiger partial charge in [-0.1, -0.05) is 13.0 Å². The van der Waals surface area contributed by atoms with Crippen molar-refractivity contribution in [2.75, 3.05) is 5.32 Å². The van der Waals surface area contributed by atoms with Gasteiger partial charge in [0.25, 0.3) is 0 Å². The number of amides is 1. The summed E-state index contributed by atoms with van der Waals surface area (Å²) >= 11 is 1.39. The van der Waals surface area contributed by atoms with Crippen LogP contribution in [0.2, 0.25) is 0 Å². The average Bonchev–Trinajstić information content (AvgIpc) is 3.01. The minimum atomic E-state index is -0.904. The predicted octanol–water partition coefficient (Wildman–Crippen LogP) is 5.10. The topological polar surface area (TPSA) is 42.0 Å². The van der Waals surface area contributed by atoms with Gasteiger partial charge in [0.15, 0.2) is 11.6 Å². The van der Waals surface area contributed by atoms with Gasteiger partial charge in [-0.2, -0.15) is 0 Å². The molecule has 0 aliphatic heterocycles. The second kappa shape index (κ2) is 6.88. The van der Waals surface area contributed by atoms with Gasteiger partial charge in [0.05, 0.1) is 5.00 Å². The van der Waals surface area contributed by atoms with Crippen molar-refractivity contribution in [2.45, 2.75) is 13.3 Å². The molecule has 6 heteroatoms. The molecule has 1 amide bonds. The van der Waals surface area contributed by atoms with Crippen LogP contribution in [0.5, 0.6) is 0 Å². The molecule has 3 rings (SSSR count). The fourth-order valence-corrected chi connectivity index (χ4v) is 3.38. The molecular weight excluding hydrogens is 330 g/mol. The third kappa shape index (κ3) is 3.33. The number of aromatic nitrogens is 1. The number of hydrogen-bond donors (Lipinski definition) is 1. The number of anilines is 1. The van der Waals surface area contributed by atoms with Gasteiger partial charge in [-0.3, -0.25) is 9.78 Å². The number of nitrogens with zero attached hydrogens (tertiary/aromatic N) is 1. The van der Waals surface area contributed by atoms with E-state index in [1.54, 1.807) is 25.4 Å². The van der Waals surface area contributed by atoms with Gasteiger partial charge >= 0.3 is 0 Å². The lowest BCUT2D eigenvalue weighted by molar-refractivity contribution is -0.115. The zero-order chi connectivity index (χ0) is 17.1. The van der Waals surface area contributed by atoms with Gasteiger partial charge in [0.1, 0.15) is 0 Å². The Morgan fingerprint density at radius 3 is 2.50 bits per heavy atom. The van der Waals surface area contributed by atoms with E-state index >= 15 is 0 Å². The van der Waals surface area contributed by atoms with Crippen molar-refractivity contribution < 1.29 is 13.6 Å². The number of rotatable bonds is 4. The predicted molar refractivity (Wildman–Crippen MR) is 91.8 cm³/mol. The van der Waals surface area contributed by atoms with Crippen LogP contribution in [0, 0.1) is 11.6 Å². The first-order valence-electron chi connectivity index (χ1n) is 7.38. The van der Waals surface area contributed by atoms with Crippen molar-refractivity contribution in [3.63, 3.8) is 0 Å². The molecule has 0 aliphatic carbocycles. The first kappa shape index (κ1) is 16.3. The number of hydrogen-bond acceptors (Lipinski definition) is 3. The lowest BCUT2D eigenvalue weighted by Gasteiger charge is -2.04.